The highest BCUT2D eigenvalue weighted by Gasteiger charge is 2.34. The Morgan fingerprint density at radius 3 is 1.60 bits per heavy atom. The first-order chi connectivity index (χ1) is 4.74. The van der Waals surface area contributed by atoms with Gasteiger partial charge in [0.15, 0.2) is 0 Å². The van der Waals surface area contributed by atoms with Crippen molar-refractivity contribution in [3.05, 3.63) is 10.4 Å². The molecule has 0 N–H and O–H groups in total. The number of azide groups is 1. The Balaban J connectivity index is 4.29. The Bertz CT molecular complexity index is 128. The quantitative estimate of drug-likeness (QED) is 0.261. The minimum Gasteiger partial charge on any atom is -0.0658 e. The van der Waals surface area contributed by atoms with Gasteiger partial charge in [-0.15, -0.1) is 0 Å². The van der Waals surface area contributed by atoms with Crippen molar-refractivity contribution in [3.63, 3.8) is 0 Å². The molecule has 0 fully saturated rings. The Hall–Kier alpha value is -0.473. The molecule has 0 aromatic carbocycles. The predicted octanol–water partition coefficient (Wildman–Crippen LogP) is 2.64. The van der Waals surface area contributed by atoms with Crippen LogP contribution in [0.15, 0.2) is 0 Å². The molecule has 0 aliphatic carbocycles. The van der Waals surface area contributed by atoms with Gasteiger partial charge in [0.2, 0.25) is 4.91 Å². The fourth-order valence-electron chi connectivity index (χ4n) is 1.06. The van der Waals surface area contributed by atoms with Crippen LogP contribution in [0.5, 0.6) is 0 Å². The van der Waals surface area contributed by atoms with E-state index in [2.05, 4.69) is 30.5 Å². The zero-order chi connectivity index (χ0) is 8.04. The molecular formula is C6H15N3Si+. The molecule has 57 valence electrons. The van der Waals surface area contributed by atoms with E-state index in [1.165, 1.54) is 0 Å². The molecule has 0 atom stereocenters. The van der Waals surface area contributed by atoms with E-state index in [1.54, 1.807) is 0 Å². The van der Waals surface area contributed by atoms with Gasteiger partial charge in [0.05, 0.1) is 4.78 Å². The van der Waals surface area contributed by atoms with Gasteiger partial charge in [-0.25, -0.2) is 0 Å². The molecule has 0 aromatic rings. The average molecular weight is 157 g/mol. The van der Waals surface area contributed by atoms with E-state index < -0.39 is 8.24 Å². The molecule has 10 heavy (non-hydrogen) atoms. The van der Waals surface area contributed by atoms with Crippen molar-refractivity contribution in [1.29, 1.82) is 0 Å². The summed E-state index contributed by atoms with van der Waals surface area (Å²) in [5.74, 6) is 0. The van der Waals surface area contributed by atoms with Gasteiger partial charge >= 0.3 is 5.53 Å². The van der Waals surface area contributed by atoms with Gasteiger partial charge < -0.3 is 0 Å². The van der Waals surface area contributed by atoms with Crippen LogP contribution in [0.2, 0.25) is 18.1 Å². The van der Waals surface area contributed by atoms with Crippen LogP contribution in [0, 0.1) is 0 Å². The summed E-state index contributed by atoms with van der Waals surface area (Å²) in [6.45, 7) is 6.36. The van der Waals surface area contributed by atoms with Gasteiger partial charge in [-0.1, -0.05) is 20.8 Å². The van der Waals surface area contributed by atoms with Crippen molar-refractivity contribution in [3.8, 4) is 0 Å². The summed E-state index contributed by atoms with van der Waals surface area (Å²) in [5.41, 5.74) is 8.29. The number of hydrogen-bond acceptors (Lipinski definition) is 1. The second-order valence-electron chi connectivity index (χ2n) is 2.47. The summed E-state index contributed by atoms with van der Waals surface area (Å²) in [6.07, 6.45) is 0. The number of rotatable bonds is 4. The molecule has 0 bridgehead atoms. The fourth-order valence-corrected chi connectivity index (χ4v) is 3.17. The molecule has 0 spiro atoms. The lowest BCUT2D eigenvalue weighted by Crippen LogP contribution is -2.36. The molecule has 0 saturated heterocycles. The summed E-state index contributed by atoms with van der Waals surface area (Å²) in [4.78, 5) is 2.91. The Labute approximate surface area is 63.2 Å². The summed E-state index contributed by atoms with van der Waals surface area (Å²) >= 11 is 0. The average Bonchev–Trinajstić information content (AvgIpc) is 2.01. The monoisotopic (exact) mass is 157 g/mol. The van der Waals surface area contributed by atoms with Crippen molar-refractivity contribution in [2.24, 2.45) is 0 Å². The van der Waals surface area contributed by atoms with E-state index in [4.69, 9.17) is 5.53 Å². The van der Waals surface area contributed by atoms with Crippen molar-refractivity contribution >= 4 is 8.24 Å². The predicted molar refractivity (Wildman–Crippen MR) is 46.0 cm³/mol. The third kappa shape index (κ3) is 2.04. The van der Waals surface area contributed by atoms with Crippen molar-refractivity contribution in [1.82, 2.24) is 4.78 Å². The minimum absolute atomic E-state index is 1.07. The fraction of sp³-hybridized carbons (Fsp3) is 1.00. The number of nitrogens with zero attached hydrogens (tertiary/aromatic N) is 3. The van der Waals surface area contributed by atoms with Crippen LogP contribution in [0.3, 0.4) is 0 Å². The molecule has 0 aromatic heterocycles. The third-order valence-corrected chi connectivity index (χ3v) is 6.69. The van der Waals surface area contributed by atoms with Crippen molar-refractivity contribution in [2.45, 2.75) is 38.9 Å². The Kier molecular flexibility index (Phi) is 4.15. The van der Waals surface area contributed by atoms with Crippen LogP contribution in [-0.4, -0.2) is 8.24 Å². The molecule has 0 aliphatic heterocycles. The first-order valence-electron chi connectivity index (χ1n) is 3.81. The van der Waals surface area contributed by atoms with Gasteiger partial charge in [-0.05, 0) is 18.1 Å². The summed E-state index contributed by atoms with van der Waals surface area (Å²) < 4.78 is 3.93. The Morgan fingerprint density at radius 1 is 1.10 bits per heavy atom. The lowest BCUT2D eigenvalue weighted by Gasteiger charge is -2.11. The van der Waals surface area contributed by atoms with Gasteiger partial charge in [0, 0.05) is 0 Å². The number of hydrogen-bond donors (Lipinski definition) is 0. The van der Waals surface area contributed by atoms with Gasteiger partial charge in [0.25, 0.3) is 8.24 Å². The van der Waals surface area contributed by atoms with Gasteiger partial charge in [0.1, 0.15) is 0 Å². The van der Waals surface area contributed by atoms with Crippen LogP contribution in [0.1, 0.15) is 20.8 Å². The first kappa shape index (κ1) is 9.53. The molecule has 4 heteroatoms. The molecule has 0 aliphatic rings. The van der Waals surface area contributed by atoms with Gasteiger partial charge in [-0.3, -0.25) is 0 Å². The van der Waals surface area contributed by atoms with E-state index in [1.807, 2.05) is 0 Å². The standard InChI is InChI=1S/C6H15N3Si/c1-4-10(5-2,6-3)9-8-7/h4-6H2,1-3H3/q+1. The highest BCUT2D eigenvalue weighted by Crippen LogP contribution is 2.15. The lowest BCUT2D eigenvalue weighted by molar-refractivity contribution is 1.10. The van der Waals surface area contributed by atoms with Crippen LogP contribution in [-0.2, 0) is 0 Å². The molecule has 0 unspecified atom stereocenters. The van der Waals surface area contributed by atoms with Crippen LogP contribution in [0.25, 0.3) is 10.4 Å². The van der Waals surface area contributed by atoms with E-state index >= 15 is 0 Å². The molecule has 0 saturated carbocycles. The van der Waals surface area contributed by atoms with E-state index in [0.717, 1.165) is 18.1 Å². The summed E-state index contributed by atoms with van der Waals surface area (Å²) in [5, 5.41) is 0. The normalized spacial score (nSPS) is 10.7. The van der Waals surface area contributed by atoms with Crippen LogP contribution < -0.4 is 4.78 Å². The zero-order valence-electron chi connectivity index (χ0n) is 6.96. The molecule has 0 heterocycles. The van der Waals surface area contributed by atoms with Crippen molar-refractivity contribution < 1.29 is 0 Å². The molecule has 0 rings (SSSR count). The summed E-state index contributed by atoms with van der Waals surface area (Å²) in [6, 6.07) is 3.22. The van der Waals surface area contributed by atoms with E-state index in [9.17, 15) is 0 Å². The first-order valence-corrected chi connectivity index (χ1v) is 6.37. The molecular weight excluding hydrogens is 142 g/mol. The minimum atomic E-state index is -1.51. The largest absolute Gasteiger partial charge is 0.354 e. The maximum absolute atomic E-state index is 8.29. The maximum Gasteiger partial charge on any atom is 0.354 e. The second kappa shape index (κ2) is 4.36. The lowest BCUT2D eigenvalue weighted by atomic mass is 10.9. The molecule has 0 amide bonds. The third-order valence-electron chi connectivity index (χ3n) is 2.23. The van der Waals surface area contributed by atoms with Crippen LogP contribution >= 0.6 is 0 Å². The highest BCUT2D eigenvalue weighted by molar-refractivity contribution is 6.76. The topological polar surface area (TPSA) is 50.5 Å². The van der Waals surface area contributed by atoms with Gasteiger partial charge in [-0.2, -0.15) is 0 Å². The molecule has 3 nitrogen and oxygen atoms in total. The Morgan fingerprint density at radius 2 is 1.50 bits per heavy atom. The summed E-state index contributed by atoms with van der Waals surface area (Å²) in [7, 11) is -1.51. The highest BCUT2D eigenvalue weighted by atomic mass is 28.3. The van der Waals surface area contributed by atoms with E-state index in [0.29, 0.717) is 0 Å². The molecule has 1 radical (unpaired) electrons. The maximum atomic E-state index is 8.29. The SMILES string of the molecule is CC[Si](CC)(CC)[N+]=[N+]=[N-]. The smallest absolute Gasteiger partial charge is 0.0658 e. The zero-order valence-corrected chi connectivity index (χ0v) is 7.96. The second-order valence-corrected chi connectivity index (χ2v) is 7.24. The van der Waals surface area contributed by atoms with E-state index in [-0.39, 0.29) is 0 Å². The van der Waals surface area contributed by atoms with Crippen LogP contribution in [0.4, 0.5) is 0 Å². The van der Waals surface area contributed by atoms with Crippen molar-refractivity contribution in [2.75, 3.05) is 0 Å².